The monoisotopic (exact) mass is 143 g/mol. The SMILES string of the molecule is [2H]N1C(=O)[C@H](C)NC(=O)[C@@H]1C. The lowest BCUT2D eigenvalue weighted by atomic mass is 10.2. The molecule has 0 spiro atoms. The van der Waals surface area contributed by atoms with Crippen molar-refractivity contribution in [2.75, 3.05) is 0 Å². The molecule has 0 unspecified atom stereocenters. The molecule has 0 aromatic carbocycles. The summed E-state index contributed by atoms with van der Waals surface area (Å²) in [4.78, 5) is 21.9. The third-order valence-corrected chi connectivity index (χ3v) is 1.43. The van der Waals surface area contributed by atoms with Crippen molar-refractivity contribution in [1.82, 2.24) is 10.6 Å². The lowest BCUT2D eigenvalue weighted by Crippen LogP contribution is -2.59. The second-order valence-electron chi connectivity index (χ2n) is 2.37. The van der Waals surface area contributed by atoms with Crippen LogP contribution in [-0.2, 0) is 9.59 Å². The summed E-state index contributed by atoms with van der Waals surface area (Å²) in [6.45, 7) is 3.08. The molecule has 2 N–H and O–H groups in total. The molecular formula is C6H10N2O2. The molecule has 0 aromatic rings. The molecule has 2 atom stereocenters. The molecule has 0 radical (unpaired) electrons. The molecule has 0 bridgehead atoms. The molecule has 1 heterocycles. The smallest absolute Gasteiger partial charge is 0.242 e. The molecule has 56 valence electrons. The van der Waals surface area contributed by atoms with Crippen molar-refractivity contribution in [2.45, 2.75) is 25.9 Å². The van der Waals surface area contributed by atoms with Gasteiger partial charge < -0.3 is 10.6 Å². The number of piperazine rings is 1. The van der Waals surface area contributed by atoms with Gasteiger partial charge in [0.25, 0.3) is 0 Å². The topological polar surface area (TPSA) is 58.2 Å². The van der Waals surface area contributed by atoms with Crippen LogP contribution in [0.15, 0.2) is 0 Å². The summed E-state index contributed by atoms with van der Waals surface area (Å²) in [5.41, 5.74) is 0. The summed E-state index contributed by atoms with van der Waals surface area (Å²) in [6, 6.07) is -1.23. The Hall–Kier alpha value is -1.06. The Bertz CT molecular complexity index is 207. The summed E-state index contributed by atoms with van der Waals surface area (Å²) < 4.78 is 7.17. The summed E-state index contributed by atoms with van der Waals surface area (Å²) in [5.74, 6) is -0.635. The zero-order valence-electron chi connectivity index (χ0n) is 6.92. The van der Waals surface area contributed by atoms with Gasteiger partial charge in [-0.1, -0.05) is 0 Å². The molecule has 1 aliphatic rings. The zero-order chi connectivity index (χ0) is 8.59. The lowest BCUT2D eigenvalue weighted by molar-refractivity contribution is -0.135. The van der Waals surface area contributed by atoms with Gasteiger partial charge in [-0.05, 0) is 13.8 Å². The highest BCUT2D eigenvalue weighted by molar-refractivity contribution is 5.96. The van der Waals surface area contributed by atoms with E-state index in [0.29, 0.717) is 5.31 Å². The van der Waals surface area contributed by atoms with Crippen LogP contribution in [0.5, 0.6) is 0 Å². The van der Waals surface area contributed by atoms with E-state index in [2.05, 4.69) is 5.32 Å². The second-order valence-corrected chi connectivity index (χ2v) is 2.37. The Kier molecular flexibility index (Phi) is 1.30. The van der Waals surface area contributed by atoms with Crippen LogP contribution in [-0.4, -0.2) is 23.9 Å². The van der Waals surface area contributed by atoms with Crippen LogP contribution in [0, 0.1) is 0 Å². The van der Waals surface area contributed by atoms with Gasteiger partial charge in [0.05, 0.1) is 0 Å². The molecule has 0 aliphatic carbocycles. The van der Waals surface area contributed by atoms with Crippen LogP contribution < -0.4 is 10.6 Å². The van der Waals surface area contributed by atoms with E-state index in [4.69, 9.17) is 1.41 Å². The molecule has 4 heteroatoms. The van der Waals surface area contributed by atoms with E-state index in [9.17, 15) is 9.59 Å². The van der Waals surface area contributed by atoms with E-state index in [1.54, 1.807) is 6.92 Å². The third-order valence-electron chi connectivity index (χ3n) is 1.43. The maximum absolute atomic E-state index is 11.0. The van der Waals surface area contributed by atoms with Gasteiger partial charge in [0.2, 0.25) is 11.8 Å². The fourth-order valence-electron chi connectivity index (χ4n) is 0.757. The van der Waals surface area contributed by atoms with Crippen LogP contribution >= 0.6 is 0 Å². The van der Waals surface area contributed by atoms with Gasteiger partial charge in [-0.15, -0.1) is 0 Å². The van der Waals surface area contributed by atoms with Crippen molar-refractivity contribution in [1.29, 1.82) is 0 Å². The molecule has 1 saturated heterocycles. The molecular weight excluding hydrogens is 132 g/mol. The van der Waals surface area contributed by atoms with E-state index in [1.165, 1.54) is 6.92 Å². The number of hydrogen-bond acceptors (Lipinski definition) is 2. The van der Waals surface area contributed by atoms with Crippen LogP contribution in [0.2, 0.25) is 1.41 Å². The Morgan fingerprint density at radius 3 is 2.50 bits per heavy atom. The largest absolute Gasteiger partial charge is 0.343 e. The van der Waals surface area contributed by atoms with E-state index in [1.807, 2.05) is 0 Å². The van der Waals surface area contributed by atoms with Gasteiger partial charge in [-0.25, -0.2) is 0 Å². The first-order chi connectivity index (χ1) is 5.04. The Labute approximate surface area is 60.4 Å². The maximum Gasteiger partial charge on any atom is 0.242 e. The molecule has 4 nitrogen and oxygen atoms in total. The summed E-state index contributed by atoms with van der Waals surface area (Å²) in [7, 11) is 0. The maximum atomic E-state index is 11.0. The van der Waals surface area contributed by atoms with Crippen molar-refractivity contribution in [3.63, 3.8) is 0 Å². The van der Waals surface area contributed by atoms with E-state index < -0.39 is 12.1 Å². The van der Waals surface area contributed by atoms with Crippen LogP contribution in [0.25, 0.3) is 0 Å². The first kappa shape index (κ1) is 5.70. The van der Waals surface area contributed by atoms with Crippen molar-refractivity contribution in [2.24, 2.45) is 0 Å². The summed E-state index contributed by atoms with van der Waals surface area (Å²) >= 11 is 0. The second kappa shape index (κ2) is 2.28. The van der Waals surface area contributed by atoms with E-state index in [-0.39, 0.29) is 11.8 Å². The molecule has 10 heavy (non-hydrogen) atoms. The standard InChI is InChI=1S/C6H10N2O2/c1-3-5(9)8-4(2)6(10)7-3/h3-4H,1-2H3,(H,7,10)(H,8,9)/t3-,4-/m0/s1/i/hD. The summed E-state index contributed by atoms with van der Waals surface area (Å²) in [6.07, 6.45) is 0. The van der Waals surface area contributed by atoms with Crippen molar-refractivity contribution in [3.05, 3.63) is 0 Å². The zero-order valence-corrected chi connectivity index (χ0v) is 5.92. The van der Waals surface area contributed by atoms with Gasteiger partial charge in [-0.3, -0.25) is 9.59 Å². The molecule has 1 aliphatic heterocycles. The minimum absolute atomic E-state index is 0.271. The van der Waals surface area contributed by atoms with Gasteiger partial charge in [0.15, 0.2) is 1.41 Å². The summed E-state index contributed by atoms with van der Waals surface area (Å²) in [5, 5.41) is 3.17. The number of carbonyl (C=O) groups is 2. The number of nitrogens with one attached hydrogen (secondary N) is 2. The fraction of sp³-hybridized carbons (Fsp3) is 0.667. The molecule has 2 amide bonds. The predicted octanol–water partition coefficient (Wildman–Crippen LogP) is -0.991. The fourth-order valence-corrected chi connectivity index (χ4v) is 0.757. The number of amides is 2. The number of carbonyl (C=O) groups excluding carboxylic acids is 2. The van der Waals surface area contributed by atoms with E-state index >= 15 is 0 Å². The lowest BCUT2D eigenvalue weighted by Gasteiger charge is -2.24. The highest BCUT2D eigenvalue weighted by atomic mass is 16.2. The normalized spacial score (nSPS) is 35.4. The van der Waals surface area contributed by atoms with Gasteiger partial charge in [0.1, 0.15) is 12.1 Å². The van der Waals surface area contributed by atoms with Crippen LogP contribution in [0.4, 0.5) is 0 Å². The predicted molar refractivity (Wildman–Crippen MR) is 35.2 cm³/mol. The first-order valence-corrected chi connectivity index (χ1v) is 3.16. The number of rotatable bonds is 0. The third kappa shape index (κ3) is 1.10. The number of hydrogen-bond donors (Lipinski definition) is 2. The van der Waals surface area contributed by atoms with Crippen LogP contribution in [0.3, 0.4) is 0 Å². The van der Waals surface area contributed by atoms with Gasteiger partial charge in [0, 0.05) is 0 Å². The minimum atomic E-state index is -0.668. The Morgan fingerprint density at radius 1 is 1.30 bits per heavy atom. The highest BCUT2D eigenvalue weighted by Crippen LogP contribution is 1.94. The molecule has 0 aromatic heterocycles. The van der Waals surface area contributed by atoms with Crippen molar-refractivity contribution >= 4 is 11.8 Å². The first-order valence-electron chi connectivity index (χ1n) is 3.61. The quantitative estimate of drug-likeness (QED) is 0.457. The molecule has 1 fully saturated rings. The average Bonchev–Trinajstić information content (AvgIpc) is 1.97. The average molecular weight is 143 g/mol. The van der Waals surface area contributed by atoms with Crippen molar-refractivity contribution in [3.8, 4) is 0 Å². The molecule has 0 saturated carbocycles. The minimum Gasteiger partial charge on any atom is -0.343 e. The van der Waals surface area contributed by atoms with Gasteiger partial charge >= 0.3 is 0 Å². The van der Waals surface area contributed by atoms with Gasteiger partial charge in [-0.2, -0.15) is 0 Å². The molecule has 1 rings (SSSR count). The Morgan fingerprint density at radius 2 is 1.90 bits per heavy atom. The van der Waals surface area contributed by atoms with Crippen LogP contribution in [0.1, 0.15) is 13.8 Å². The Balaban J connectivity index is 2.78. The van der Waals surface area contributed by atoms with E-state index in [0.717, 1.165) is 0 Å². The van der Waals surface area contributed by atoms with Crippen molar-refractivity contribution < 1.29 is 11.0 Å². The highest BCUT2D eigenvalue weighted by Gasteiger charge is 2.26.